The average molecular weight is 214 g/mol. The first-order valence-electron chi connectivity index (χ1n) is 4.26. The number of benzene rings is 1. The van der Waals surface area contributed by atoms with E-state index in [4.69, 9.17) is 15.9 Å². The van der Waals surface area contributed by atoms with E-state index in [9.17, 15) is 10.2 Å². The fourth-order valence-corrected chi connectivity index (χ4v) is 0.917. The molecule has 0 saturated carbocycles. The molecule has 6 nitrogen and oxygen atoms in total. The third-order valence-corrected chi connectivity index (χ3v) is 1.93. The maximum atomic E-state index is 9.32. The zero-order valence-corrected chi connectivity index (χ0v) is 8.18. The highest BCUT2D eigenvalue weighted by molar-refractivity contribution is 5.66. The Hall–Kier alpha value is -1.34. The van der Waals surface area contributed by atoms with Gasteiger partial charge in [0.15, 0.2) is 0 Å². The molecule has 1 aromatic rings. The van der Waals surface area contributed by atoms with Crippen molar-refractivity contribution in [2.75, 3.05) is 11.1 Å². The standard InChI is InChI=1S/C9H14N2O4/c1-8(12,13)9(14,15)11-7-5-3-2-4-6(7)10/h2-5,11-15H,10H2,1H3. The molecule has 0 unspecified atom stereocenters. The second kappa shape index (κ2) is 3.67. The second-order valence-corrected chi connectivity index (χ2v) is 3.41. The van der Waals surface area contributed by atoms with Crippen LogP contribution < -0.4 is 11.1 Å². The molecule has 0 atom stereocenters. The summed E-state index contributed by atoms with van der Waals surface area (Å²) in [6.45, 7) is 0.832. The number of nitrogens with one attached hydrogen (secondary N) is 1. The number of anilines is 2. The number of nitrogen functional groups attached to an aromatic ring is 1. The fourth-order valence-electron chi connectivity index (χ4n) is 0.917. The van der Waals surface area contributed by atoms with Crippen molar-refractivity contribution in [3.63, 3.8) is 0 Å². The zero-order valence-electron chi connectivity index (χ0n) is 8.18. The lowest BCUT2D eigenvalue weighted by Crippen LogP contribution is -2.57. The number of para-hydroxylation sites is 2. The Morgan fingerprint density at radius 1 is 1.13 bits per heavy atom. The minimum atomic E-state index is -2.89. The number of aliphatic hydroxyl groups is 4. The van der Waals surface area contributed by atoms with Gasteiger partial charge in [0.25, 0.3) is 0 Å². The Morgan fingerprint density at radius 3 is 2.13 bits per heavy atom. The Bertz CT molecular complexity index is 346. The van der Waals surface area contributed by atoms with Gasteiger partial charge >= 0.3 is 5.91 Å². The third-order valence-electron chi connectivity index (χ3n) is 1.93. The van der Waals surface area contributed by atoms with E-state index in [1.54, 1.807) is 12.1 Å². The lowest BCUT2D eigenvalue weighted by molar-refractivity contribution is -0.333. The van der Waals surface area contributed by atoms with Crippen molar-refractivity contribution in [1.29, 1.82) is 0 Å². The van der Waals surface area contributed by atoms with Crippen molar-refractivity contribution in [2.24, 2.45) is 0 Å². The van der Waals surface area contributed by atoms with E-state index < -0.39 is 11.7 Å². The average Bonchev–Trinajstić information content (AvgIpc) is 2.06. The molecule has 7 N–H and O–H groups in total. The molecule has 0 amide bonds. The lowest BCUT2D eigenvalue weighted by atomic mass is 10.2. The van der Waals surface area contributed by atoms with Crippen LogP contribution in [0.3, 0.4) is 0 Å². The highest BCUT2D eigenvalue weighted by atomic mass is 16.6. The van der Waals surface area contributed by atoms with Crippen molar-refractivity contribution in [3.05, 3.63) is 24.3 Å². The Balaban J connectivity index is 2.92. The van der Waals surface area contributed by atoms with Gasteiger partial charge in [0.1, 0.15) is 0 Å². The van der Waals surface area contributed by atoms with Crippen molar-refractivity contribution < 1.29 is 20.4 Å². The van der Waals surface area contributed by atoms with Gasteiger partial charge in [0, 0.05) is 0 Å². The summed E-state index contributed by atoms with van der Waals surface area (Å²) in [5.41, 5.74) is 5.97. The molecule has 0 fully saturated rings. The normalized spacial score (nSPS) is 12.6. The maximum Gasteiger partial charge on any atom is 0.300 e. The number of nitrogens with two attached hydrogens (primary N) is 1. The molecular weight excluding hydrogens is 200 g/mol. The summed E-state index contributed by atoms with van der Waals surface area (Å²) in [5.74, 6) is -5.60. The molecule has 1 aromatic carbocycles. The van der Waals surface area contributed by atoms with Gasteiger partial charge in [-0.25, -0.2) is 0 Å². The summed E-state index contributed by atoms with van der Waals surface area (Å²) >= 11 is 0. The van der Waals surface area contributed by atoms with E-state index in [0.29, 0.717) is 0 Å². The smallest absolute Gasteiger partial charge is 0.300 e. The molecule has 0 bridgehead atoms. The zero-order chi connectivity index (χ0) is 11.7. The lowest BCUT2D eigenvalue weighted by Gasteiger charge is -2.33. The first-order valence-corrected chi connectivity index (χ1v) is 4.26. The van der Waals surface area contributed by atoms with E-state index in [0.717, 1.165) is 6.92 Å². The Labute approximate surface area is 86.6 Å². The maximum absolute atomic E-state index is 9.32. The molecule has 6 heteroatoms. The Kier molecular flexibility index (Phi) is 2.87. The SMILES string of the molecule is CC(O)(O)C(O)(O)Nc1ccccc1N. The highest BCUT2D eigenvalue weighted by Gasteiger charge is 2.43. The molecule has 0 spiro atoms. The third kappa shape index (κ3) is 2.57. The van der Waals surface area contributed by atoms with E-state index in [1.165, 1.54) is 12.1 Å². The quantitative estimate of drug-likeness (QED) is 0.284. The van der Waals surface area contributed by atoms with Crippen molar-refractivity contribution in [2.45, 2.75) is 18.6 Å². The highest BCUT2D eigenvalue weighted by Crippen LogP contribution is 2.24. The number of hydrogen-bond donors (Lipinski definition) is 6. The molecule has 0 aliphatic rings. The summed E-state index contributed by atoms with van der Waals surface area (Å²) < 4.78 is 0. The second-order valence-electron chi connectivity index (χ2n) is 3.41. The van der Waals surface area contributed by atoms with Crippen LogP contribution in [0.15, 0.2) is 24.3 Å². The van der Waals surface area contributed by atoms with Gasteiger partial charge in [-0.1, -0.05) is 12.1 Å². The van der Waals surface area contributed by atoms with Crippen LogP contribution in [0.1, 0.15) is 6.92 Å². The summed E-state index contributed by atoms with van der Waals surface area (Å²) in [4.78, 5) is 0. The van der Waals surface area contributed by atoms with Gasteiger partial charge in [-0.05, 0) is 19.1 Å². The van der Waals surface area contributed by atoms with Gasteiger partial charge in [-0.2, -0.15) is 0 Å². The van der Waals surface area contributed by atoms with Crippen LogP contribution in [0.4, 0.5) is 11.4 Å². The summed E-state index contributed by atoms with van der Waals surface area (Å²) in [6, 6.07) is 6.28. The summed E-state index contributed by atoms with van der Waals surface area (Å²) in [6.07, 6.45) is 0. The van der Waals surface area contributed by atoms with E-state index in [2.05, 4.69) is 5.32 Å². The number of rotatable bonds is 3. The van der Waals surface area contributed by atoms with Crippen LogP contribution in [-0.4, -0.2) is 32.1 Å². The molecule has 84 valence electrons. The van der Waals surface area contributed by atoms with Gasteiger partial charge in [0.05, 0.1) is 11.4 Å². The molecule has 0 heterocycles. The van der Waals surface area contributed by atoms with E-state index >= 15 is 0 Å². The van der Waals surface area contributed by atoms with Crippen LogP contribution >= 0.6 is 0 Å². The molecule has 0 aromatic heterocycles. The fraction of sp³-hybridized carbons (Fsp3) is 0.333. The largest absolute Gasteiger partial charge is 0.397 e. The predicted octanol–water partition coefficient (Wildman–Crippen LogP) is -0.980. The molecule has 0 saturated heterocycles. The topological polar surface area (TPSA) is 119 Å². The van der Waals surface area contributed by atoms with Crippen molar-refractivity contribution in [3.8, 4) is 0 Å². The minimum Gasteiger partial charge on any atom is -0.397 e. The molecule has 15 heavy (non-hydrogen) atoms. The minimum absolute atomic E-state index is 0.192. The summed E-state index contributed by atoms with van der Waals surface area (Å²) in [5, 5.41) is 38.8. The molecular formula is C9H14N2O4. The van der Waals surface area contributed by atoms with Gasteiger partial charge in [-0.3, -0.25) is 0 Å². The Morgan fingerprint density at radius 2 is 1.67 bits per heavy atom. The monoisotopic (exact) mass is 214 g/mol. The number of hydrogen-bond acceptors (Lipinski definition) is 6. The first kappa shape index (κ1) is 11.7. The van der Waals surface area contributed by atoms with Crippen LogP contribution in [0.5, 0.6) is 0 Å². The van der Waals surface area contributed by atoms with Crippen molar-refractivity contribution in [1.82, 2.24) is 0 Å². The first-order chi connectivity index (χ1) is 6.74. The van der Waals surface area contributed by atoms with Crippen LogP contribution in [0.2, 0.25) is 0 Å². The molecule has 0 aliphatic heterocycles. The predicted molar refractivity (Wildman–Crippen MR) is 54.5 cm³/mol. The van der Waals surface area contributed by atoms with Crippen molar-refractivity contribution >= 4 is 11.4 Å². The molecule has 0 radical (unpaired) electrons. The van der Waals surface area contributed by atoms with E-state index in [-0.39, 0.29) is 11.4 Å². The van der Waals surface area contributed by atoms with Gasteiger partial charge < -0.3 is 31.5 Å². The van der Waals surface area contributed by atoms with Crippen LogP contribution in [0, 0.1) is 0 Å². The van der Waals surface area contributed by atoms with Crippen LogP contribution in [0.25, 0.3) is 0 Å². The van der Waals surface area contributed by atoms with Gasteiger partial charge in [-0.15, -0.1) is 0 Å². The van der Waals surface area contributed by atoms with E-state index in [1.807, 2.05) is 0 Å². The molecule has 1 rings (SSSR count). The molecule has 0 aliphatic carbocycles. The van der Waals surface area contributed by atoms with Gasteiger partial charge in [0.2, 0.25) is 5.79 Å². The van der Waals surface area contributed by atoms with Crippen LogP contribution in [-0.2, 0) is 0 Å². The summed E-state index contributed by atoms with van der Waals surface area (Å²) in [7, 11) is 0.